The lowest BCUT2D eigenvalue weighted by atomic mass is 9.77. The number of alkyl halides is 15. The van der Waals surface area contributed by atoms with E-state index < -0.39 is 38.9 Å². The van der Waals surface area contributed by atoms with Crippen molar-refractivity contribution in [3.63, 3.8) is 0 Å². The summed E-state index contributed by atoms with van der Waals surface area (Å²) in [6, 6.07) is 39.4. The molecule has 0 saturated heterocycles. The third-order valence-electron chi connectivity index (χ3n) is 12.8. The molecule has 1 aliphatic rings. The SMILES string of the molecule is COc1nc(Cl)cc(Cl)n1.COc1nc(Cl)cc(NCCc2ccc(OC(F)(F)F)cc2)n1.COc1nc(NCCc2ccc(OC(F)(F)F)cc2)cc(-c2cccc(N)c2)n1.Cl.NC1=[C+]C=CC(B(O)O)=C1.NCCc1ccc(OC(F)(F)F)cc1.O=Cc1ccc(OC(F)(F)F)cc1.[N-]=C=Cc1ccc(OC(F)(F)F)cc1. The lowest BCUT2D eigenvalue weighted by molar-refractivity contribution is -0.275. The number of methoxy groups -OCH3 is 3. The van der Waals surface area contributed by atoms with Crippen LogP contribution >= 0.6 is 47.2 Å². The highest BCUT2D eigenvalue weighted by atomic mass is 35.5. The molecule has 10 N–H and O–H groups in total. The molecule has 3 aromatic heterocycles. The molecule has 9 aromatic rings. The average molecular weight is 1700 g/mol. The summed E-state index contributed by atoms with van der Waals surface area (Å²) in [6.07, 6.45) is -12.6. The monoisotopic (exact) mass is 1700 g/mol. The van der Waals surface area contributed by atoms with Crippen LogP contribution in [0.15, 0.2) is 193 Å². The summed E-state index contributed by atoms with van der Waals surface area (Å²) in [4.78, 5) is 34.0. The molecule has 0 fully saturated rings. The number of nitrogen functional groups attached to an aromatic ring is 1. The molecule has 23 nitrogen and oxygen atoms in total. The zero-order valence-corrected chi connectivity index (χ0v) is 62.0. The van der Waals surface area contributed by atoms with Crippen LogP contribution < -0.4 is 65.7 Å². The number of anilines is 3. The Labute approximate surface area is 661 Å². The molecular formula is C71H64BCl4F15N12O11. The number of hydrogen-bond acceptors (Lipinski definition) is 22. The molecular weight excluding hydrogens is 1630 g/mol. The fourth-order valence-electron chi connectivity index (χ4n) is 8.16. The van der Waals surface area contributed by atoms with Gasteiger partial charge in [-0.1, -0.05) is 95.5 Å². The lowest BCUT2D eigenvalue weighted by Gasteiger charge is -2.11. The number of aldehydes is 1. The fourth-order valence-corrected chi connectivity index (χ4v) is 8.74. The molecule has 0 bridgehead atoms. The van der Waals surface area contributed by atoms with E-state index in [-0.39, 0.29) is 74.6 Å². The van der Waals surface area contributed by atoms with Gasteiger partial charge in [-0.05, 0) is 139 Å². The number of halogens is 19. The van der Waals surface area contributed by atoms with E-state index in [1.54, 1.807) is 78.7 Å². The van der Waals surface area contributed by atoms with Gasteiger partial charge in [-0.2, -0.15) is 29.9 Å². The Kier molecular flexibility index (Phi) is 40.5. The van der Waals surface area contributed by atoms with Crippen LogP contribution in [0.1, 0.15) is 32.6 Å². The van der Waals surface area contributed by atoms with E-state index in [9.17, 15) is 70.7 Å². The Morgan fingerprint density at radius 2 is 0.860 bits per heavy atom. The first-order chi connectivity index (χ1) is 53.1. The van der Waals surface area contributed by atoms with Crippen molar-refractivity contribution >= 4 is 89.9 Å². The van der Waals surface area contributed by atoms with Crippen LogP contribution in [0.2, 0.25) is 15.5 Å². The van der Waals surface area contributed by atoms with Gasteiger partial charge in [-0.15, -0.1) is 78.3 Å². The Bertz CT molecular complexity index is 4520. The summed E-state index contributed by atoms with van der Waals surface area (Å²) in [5.74, 6) is 1.48. The first kappa shape index (κ1) is 96.7. The summed E-state index contributed by atoms with van der Waals surface area (Å²) in [5, 5.41) is 32.5. The van der Waals surface area contributed by atoms with Crippen molar-refractivity contribution in [1.29, 1.82) is 0 Å². The maximum Gasteiger partial charge on any atom is 0.573 e. The number of hydrogen-bond donors (Lipinski definition) is 7. The van der Waals surface area contributed by atoms with Gasteiger partial charge in [0.1, 0.15) is 68.2 Å². The van der Waals surface area contributed by atoms with Gasteiger partial charge in [0.05, 0.1) is 44.6 Å². The molecule has 6 aromatic carbocycles. The molecule has 10 rings (SSSR count). The third-order valence-corrected chi connectivity index (χ3v) is 13.4. The Morgan fingerprint density at radius 1 is 0.500 bits per heavy atom. The first-order valence-electron chi connectivity index (χ1n) is 31.5. The standard InChI is InChI=1S/C20H19F3N4O2.C14H13ClF3N3O2.C9H10F3NO.C9H5F3NO.C8H5F3O2.C6H7BNO2.C5H4Cl2N2O.ClH/c1-28-19-26-17(14-3-2-4-15(24)11-14)12-18(27-19)25-10-9-13-5-7-16(8-6-13)29-20(21,22)23;1-22-13-20-11(15)8-12(21-13)19-7-6-9-2-4-10(5-3-9)23-14(16,17)18;2*10-9(11,12)14-8-3-1-7(2-4-8)5-6-13;9-8(10,11)13-7-3-1-6(5-12)2-4-7;8-6-3-1-2-5(4-6)7(9)10;1-10-5-8-3(6)2-4(7)9-5;/h2-8,11-12H,9-10,24H2,1H3,(H,25,26,27);2-5,8H,6-7H2,1H3,(H,19,20,21);1-4H,5-6,13H2;1-5H;1-5H;1-2,4,9-10H,8H2;2H,1H3;1H/q;;;-1;;+1;;. The molecule has 0 saturated carbocycles. The number of nitrogens with one attached hydrogen (secondary N) is 2. The molecule has 3 heterocycles. The van der Waals surface area contributed by atoms with Crippen molar-refractivity contribution in [2.24, 2.45) is 11.5 Å². The Balaban J connectivity index is 0.000000357. The number of carbonyl (C=O) groups is 1. The number of benzene rings is 6. The number of ether oxygens (including phenoxy) is 8. The third kappa shape index (κ3) is 42.2. The molecule has 0 aliphatic heterocycles. The Hall–Kier alpha value is -11.5. The summed E-state index contributed by atoms with van der Waals surface area (Å²) in [5.41, 5.74) is 22.8. The van der Waals surface area contributed by atoms with Crippen LogP contribution in [0.25, 0.3) is 22.7 Å². The van der Waals surface area contributed by atoms with E-state index in [1.165, 1.54) is 100 Å². The van der Waals surface area contributed by atoms with Gasteiger partial charge in [-0.3, -0.25) is 10.7 Å². The predicted octanol–water partition coefficient (Wildman–Crippen LogP) is 16.7. The maximum atomic E-state index is 12.2. The van der Waals surface area contributed by atoms with Gasteiger partial charge in [0.25, 0.3) is 0 Å². The number of carbonyl (C=O) groups excluding carboxylic acids is 1. The van der Waals surface area contributed by atoms with Gasteiger partial charge in [0.15, 0.2) is 5.70 Å². The van der Waals surface area contributed by atoms with Crippen molar-refractivity contribution in [1.82, 2.24) is 29.9 Å². The fraction of sp³-hybridized carbons (Fsp3) is 0.197. The van der Waals surface area contributed by atoms with E-state index >= 15 is 0 Å². The van der Waals surface area contributed by atoms with E-state index in [1.807, 2.05) is 12.1 Å². The van der Waals surface area contributed by atoms with Gasteiger partial charge in [0.2, 0.25) is 0 Å². The average Bonchev–Trinajstić information content (AvgIpc) is 0.829. The van der Waals surface area contributed by atoms with Crippen LogP contribution in [-0.4, -0.2) is 132 Å². The number of allylic oxidation sites excluding steroid dienone is 5. The normalized spacial score (nSPS) is 11.2. The van der Waals surface area contributed by atoms with E-state index in [2.05, 4.69) is 75.0 Å². The first-order valence-corrected chi connectivity index (χ1v) is 32.6. The molecule has 610 valence electrons. The topological polar surface area (TPSA) is 333 Å². The molecule has 0 unspecified atom stereocenters. The van der Waals surface area contributed by atoms with Gasteiger partial charge in [0, 0.05) is 54.2 Å². The minimum Gasteiger partial charge on any atom is -0.763 e. The second-order valence-electron chi connectivity index (χ2n) is 21.4. The minimum atomic E-state index is -4.70. The Morgan fingerprint density at radius 3 is 1.20 bits per heavy atom. The molecule has 1 aliphatic carbocycles. The second-order valence-corrected chi connectivity index (χ2v) is 22.5. The summed E-state index contributed by atoms with van der Waals surface area (Å²) >= 11 is 16.8. The largest absolute Gasteiger partial charge is 0.763 e. The maximum absolute atomic E-state index is 12.2. The molecule has 43 heteroatoms. The smallest absolute Gasteiger partial charge is 0.573 e. The summed E-state index contributed by atoms with van der Waals surface area (Å²) in [7, 11) is 2.91. The molecule has 0 spiro atoms. The highest BCUT2D eigenvalue weighted by Gasteiger charge is 2.34. The van der Waals surface area contributed by atoms with Crippen LogP contribution in [0, 0.1) is 6.08 Å². The predicted molar refractivity (Wildman–Crippen MR) is 397 cm³/mol. The summed E-state index contributed by atoms with van der Waals surface area (Å²) < 4.78 is 211. The van der Waals surface area contributed by atoms with Crippen LogP contribution in [0.5, 0.6) is 46.8 Å². The molecule has 114 heavy (non-hydrogen) atoms. The van der Waals surface area contributed by atoms with E-state index in [0.717, 1.165) is 46.5 Å². The van der Waals surface area contributed by atoms with Crippen LogP contribution in [0.3, 0.4) is 0 Å². The quantitative estimate of drug-likeness (QED) is 0.00630. The van der Waals surface area contributed by atoms with Gasteiger partial charge in [-0.25, -0.2) is 0 Å². The molecule has 0 atom stereocenters. The van der Waals surface area contributed by atoms with Crippen LogP contribution in [-0.2, 0) is 19.3 Å². The minimum absolute atomic E-state index is 0. The van der Waals surface area contributed by atoms with Crippen molar-refractivity contribution in [3.8, 4) is 58.0 Å². The van der Waals surface area contributed by atoms with E-state index in [0.29, 0.717) is 90.5 Å². The van der Waals surface area contributed by atoms with Gasteiger partial charge < -0.3 is 81.2 Å². The second kappa shape index (κ2) is 47.7. The highest BCUT2D eigenvalue weighted by Crippen LogP contribution is 2.30. The lowest BCUT2D eigenvalue weighted by Crippen LogP contribution is -2.17. The number of nitrogens with two attached hydrogens (primary N) is 3. The van der Waals surface area contributed by atoms with Gasteiger partial charge >= 0.3 is 57.0 Å². The van der Waals surface area contributed by atoms with Crippen molar-refractivity contribution in [2.75, 3.05) is 57.3 Å². The van der Waals surface area contributed by atoms with Crippen molar-refractivity contribution in [3.05, 3.63) is 248 Å². The molecule has 0 radical (unpaired) electrons. The van der Waals surface area contributed by atoms with Crippen molar-refractivity contribution in [2.45, 2.75) is 51.1 Å². The summed E-state index contributed by atoms with van der Waals surface area (Å²) in [6.45, 7) is 1.49. The molecule has 0 amide bonds. The highest BCUT2D eigenvalue weighted by molar-refractivity contribution is 6.52. The zero-order chi connectivity index (χ0) is 84.0. The van der Waals surface area contributed by atoms with Crippen LogP contribution in [0.4, 0.5) is 83.2 Å². The van der Waals surface area contributed by atoms with E-state index in [4.69, 9.17) is 76.9 Å². The number of aromatic nitrogens is 6. The number of rotatable bonds is 22. The van der Waals surface area contributed by atoms with Crippen molar-refractivity contribution < 1.29 is 119 Å². The number of nitrogens with zero attached hydrogens (tertiary/aromatic N) is 7. The zero-order valence-electron chi connectivity index (χ0n) is 58.9.